The molecule has 1 fully saturated rings. The molecule has 0 aliphatic carbocycles. The fourth-order valence-electron chi connectivity index (χ4n) is 1.45. The van der Waals surface area contributed by atoms with E-state index in [0.29, 0.717) is 13.0 Å². The molecule has 1 aromatic rings. The first-order valence-electron chi connectivity index (χ1n) is 7.02. The Bertz CT molecular complexity index is 539. The SMILES string of the molecule is [2H]c1c([2H])c([2H])c(S[C@@H]2CN[C@H](C(=O)O)C2)c([2H])c1[2H]. The number of hydrogen-bond acceptors (Lipinski definition) is 3. The summed E-state index contributed by atoms with van der Waals surface area (Å²) in [6.07, 6.45) is 0.363. The molecule has 1 aromatic carbocycles. The van der Waals surface area contributed by atoms with Gasteiger partial charge in [-0.2, -0.15) is 0 Å². The quantitative estimate of drug-likeness (QED) is 0.825. The Labute approximate surface area is 99.9 Å². The third-order valence-electron chi connectivity index (χ3n) is 2.15. The number of aliphatic carboxylic acids is 1. The van der Waals surface area contributed by atoms with Gasteiger partial charge >= 0.3 is 5.97 Å². The molecule has 15 heavy (non-hydrogen) atoms. The summed E-state index contributed by atoms with van der Waals surface area (Å²) in [4.78, 5) is 11.0. The van der Waals surface area contributed by atoms with Crippen LogP contribution in [0.2, 0.25) is 0 Å². The van der Waals surface area contributed by atoms with Gasteiger partial charge in [0.25, 0.3) is 0 Å². The molecule has 1 heterocycles. The first-order valence-corrected chi connectivity index (χ1v) is 5.40. The smallest absolute Gasteiger partial charge is 0.320 e. The molecule has 1 saturated heterocycles. The Balaban J connectivity index is 2.25. The van der Waals surface area contributed by atoms with Gasteiger partial charge < -0.3 is 10.4 Å². The maximum absolute atomic E-state index is 10.9. The van der Waals surface area contributed by atoms with E-state index in [1.54, 1.807) is 0 Å². The second-order valence-electron chi connectivity index (χ2n) is 3.23. The maximum Gasteiger partial charge on any atom is 0.320 e. The number of carbonyl (C=O) groups is 1. The van der Waals surface area contributed by atoms with Gasteiger partial charge in [-0.15, -0.1) is 11.8 Å². The summed E-state index contributed by atoms with van der Waals surface area (Å²) in [5.74, 6) is -0.936. The highest BCUT2D eigenvalue weighted by atomic mass is 32.2. The highest BCUT2D eigenvalue weighted by Gasteiger charge is 2.29. The van der Waals surface area contributed by atoms with Crippen molar-refractivity contribution in [1.29, 1.82) is 0 Å². The van der Waals surface area contributed by atoms with Crippen LogP contribution >= 0.6 is 11.8 Å². The molecule has 2 rings (SSSR count). The van der Waals surface area contributed by atoms with E-state index in [-0.39, 0.29) is 34.3 Å². The van der Waals surface area contributed by atoms with Crippen LogP contribution in [0.15, 0.2) is 35.1 Å². The molecule has 1 aliphatic heterocycles. The molecular formula is C11H13NO2S. The fourth-order valence-corrected chi connectivity index (χ4v) is 2.47. The van der Waals surface area contributed by atoms with Crippen LogP contribution < -0.4 is 5.32 Å². The van der Waals surface area contributed by atoms with Crippen molar-refractivity contribution >= 4 is 17.7 Å². The van der Waals surface area contributed by atoms with E-state index in [9.17, 15) is 4.79 Å². The van der Waals surface area contributed by atoms with Crippen LogP contribution in [-0.2, 0) is 4.79 Å². The van der Waals surface area contributed by atoms with Gasteiger partial charge in [0.05, 0.1) is 6.85 Å². The lowest BCUT2D eigenvalue weighted by atomic mass is 10.2. The van der Waals surface area contributed by atoms with Gasteiger partial charge in [-0.1, -0.05) is 18.1 Å². The Morgan fingerprint density at radius 3 is 2.87 bits per heavy atom. The van der Waals surface area contributed by atoms with Crippen LogP contribution in [0.25, 0.3) is 0 Å². The minimum Gasteiger partial charge on any atom is -0.480 e. The molecule has 1 aliphatic rings. The fraction of sp³-hybridized carbons (Fsp3) is 0.364. The molecule has 2 atom stereocenters. The Morgan fingerprint density at radius 1 is 1.53 bits per heavy atom. The summed E-state index contributed by atoms with van der Waals surface area (Å²) in [5.41, 5.74) is 0. The number of benzene rings is 1. The molecular weight excluding hydrogens is 210 g/mol. The standard InChI is InChI=1S/C11H13NO2S/c13-11(14)10-6-9(7-12-10)15-8-4-2-1-3-5-8/h1-5,9-10,12H,6-7H2,(H,13,14)/t9-,10-/m0/s1/i1D,2D,3D,4D,5D. The average molecular weight is 228 g/mol. The molecule has 4 heteroatoms. The molecule has 0 bridgehead atoms. The molecule has 0 radical (unpaired) electrons. The average Bonchev–Trinajstić information content (AvgIpc) is 2.88. The first-order chi connectivity index (χ1) is 9.32. The first kappa shape index (κ1) is 5.92. The van der Waals surface area contributed by atoms with Crippen LogP contribution in [0.1, 0.15) is 13.3 Å². The Hall–Kier alpha value is -1.00. The third kappa shape index (κ3) is 2.73. The van der Waals surface area contributed by atoms with Crippen molar-refractivity contribution in [2.75, 3.05) is 6.54 Å². The van der Waals surface area contributed by atoms with Crippen molar-refractivity contribution in [2.45, 2.75) is 22.6 Å². The summed E-state index contributed by atoms with van der Waals surface area (Å²) < 4.78 is 38.3. The lowest BCUT2D eigenvalue weighted by Gasteiger charge is -2.07. The summed E-state index contributed by atoms with van der Waals surface area (Å²) in [5, 5.41) is 11.6. The van der Waals surface area contributed by atoms with Gasteiger partial charge in [0, 0.05) is 16.7 Å². The molecule has 0 spiro atoms. The zero-order chi connectivity index (χ0) is 15.0. The largest absolute Gasteiger partial charge is 0.480 e. The summed E-state index contributed by atoms with van der Waals surface area (Å²) >= 11 is 1.14. The molecule has 0 unspecified atom stereocenters. The number of rotatable bonds is 3. The second-order valence-corrected chi connectivity index (χ2v) is 4.54. The predicted molar refractivity (Wildman–Crippen MR) is 60.1 cm³/mol. The molecule has 0 amide bonds. The number of hydrogen-bond donors (Lipinski definition) is 2. The minimum absolute atomic E-state index is 0.125. The summed E-state index contributed by atoms with van der Waals surface area (Å²) in [6, 6.07) is -2.27. The lowest BCUT2D eigenvalue weighted by Crippen LogP contribution is -2.29. The Morgan fingerprint density at radius 2 is 2.27 bits per heavy atom. The van der Waals surface area contributed by atoms with Crippen molar-refractivity contribution in [3.63, 3.8) is 0 Å². The monoisotopic (exact) mass is 228 g/mol. The summed E-state index contributed by atoms with van der Waals surface area (Å²) in [6.45, 7) is 0.434. The van der Waals surface area contributed by atoms with E-state index < -0.39 is 18.1 Å². The van der Waals surface area contributed by atoms with E-state index in [1.165, 1.54) is 0 Å². The molecule has 80 valence electrons. The summed E-state index contributed by atoms with van der Waals surface area (Å²) in [7, 11) is 0. The van der Waals surface area contributed by atoms with Crippen LogP contribution in [-0.4, -0.2) is 28.9 Å². The number of carboxylic acid groups (broad SMARTS) is 1. The lowest BCUT2D eigenvalue weighted by molar-refractivity contribution is -0.139. The molecule has 0 saturated carbocycles. The Kier molecular flexibility index (Phi) is 1.85. The highest BCUT2D eigenvalue weighted by molar-refractivity contribution is 8.00. The van der Waals surface area contributed by atoms with Gasteiger partial charge in [-0.3, -0.25) is 4.79 Å². The molecule has 0 aromatic heterocycles. The van der Waals surface area contributed by atoms with E-state index in [0.717, 1.165) is 11.8 Å². The molecule has 3 nitrogen and oxygen atoms in total. The van der Waals surface area contributed by atoms with Crippen molar-refractivity contribution in [1.82, 2.24) is 5.32 Å². The molecule has 2 N–H and O–H groups in total. The normalized spacial score (nSPS) is 30.0. The van der Waals surface area contributed by atoms with Gasteiger partial charge in [-0.05, 0) is 18.5 Å². The van der Waals surface area contributed by atoms with Crippen molar-refractivity contribution < 1.29 is 16.8 Å². The van der Waals surface area contributed by atoms with E-state index >= 15 is 0 Å². The van der Waals surface area contributed by atoms with Crippen LogP contribution in [0.3, 0.4) is 0 Å². The second kappa shape index (κ2) is 4.68. The van der Waals surface area contributed by atoms with Gasteiger partial charge in [-0.25, -0.2) is 0 Å². The van der Waals surface area contributed by atoms with Crippen molar-refractivity contribution in [2.24, 2.45) is 0 Å². The zero-order valence-corrected chi connectivity index (χ0v) is 8.65. The van der Waals surface area contributed by atoms with Crippen molar-refractivity contribution in [3.05, 3.63) is 30.2 Å². The van der Waals surface area contributed by atoms with Crippen LogP contribution in [0.4, 0.5) is 0 Å². The van der Waals surface area contributed by atoms with Crippen LogP contribution in [0.5, 0.6) is 0 Å². The predicted octanol–water partition coefficient (Wildman–Crippen LogP) is 1.59. The number of nitrogens with one attached hydrogen (secondary N) is 1. The number of carboxylic acids is 1. The maximum atomic E-state index is 10.9. The van der Waals surface area contributed by atoms with E-state index in [2.05, 4.69) is 5.32 Å². The van der Waals surface area contributed by atoms with Crippen molar-refractivity contribution in [3.8, 4) is 0 Å². The third-order valence-corrected chi connectivity index (χ3v) is 3.28. The topological polar surface area (TPSA) is 49.3 Å². The van der Waals surface area contributed by atoms with Gasteiger partial charge in [0.15, 0.2) is 0 Å². The van der Waals surface area contributed by atoms with Gasteiger partial charge in [0.1, 0.15) is 6.04 Å². The van der Waals surface area contributed by atoms with E-state index in [1.807, 2.05) is 0 Å². The van der Waals surface area contributed by atoms with Gasteiger partial charge in [0.2, 0.25) is 0 Å². The van der Waals surface area contributed by atoms with Crippen LogP contribution in [0, 0.1) is 0 Å². The van der Waals surface area contributed by atoms with E-state index in [4.69, 9.17) is 12.0 Å². The zero-order valence-electron chi connectivity index (χ0n) is 12.8. The number of thioether (sulfide) groups is 1. The minimum atomic E-state index is -0.936. The highest BCUT2D eigenvalue weighted by Crippen LogP contribution is 2.28.